The third-order valence-electron chi connectivity index (χ3n) is 4.36. The quantitative estimate of drug-likeness (QED) is 0.351. The summed E-state index contributed by atoms with van der Waals surface area (Å²) in [5, 5.41) is 3.44. The van der Waals surface area contributed by atoms with E-state index in [1.807, 2.05) is 42.5 Å². The Morgan fingerprint density at radius 1 is 1.17 bits per heavy atom. The number of hydrogen-bond donors (Lipinski definition) is 1. The molecule has 0 spiro atoms. The van der Waals surface area contributed by atoms with Gasteiger partial charge in [-0.2, -0.15) is 0 Å². The first-order valence-electron chi connectivity index (χ1n) is 9.35. The highest BCUT2D eigenvalue weighted by atomic mass is 79.9. The molecule has 3 rings (SSSR count). The summed E-state index contributed by atoms with van der Waals surface area (Å²) in [6.07, 6.45) is 0.852. The number of halogens is 2. The van der Waals surface area contributed by atoms with E-state index >= 15 is 0 Å². The number of aryl methyl sites for hydroxylation is 1. The van der Waals surface area contributed by atoms with E-state index in [1.165, 1.54) is 16.9 Å². The van der Waals surface area contributed by atoms with Gasteiger partial charge in [0.05, 0.1) is 10.2 Å². The van der Waals surface area contributed by atoms with Gasteiger partial charge in [0, 0.05) is 14.9 Å². The third-order valence-corrected chi connectivity index (χ3v) is 6.63. The fraction of sp³-hybridized carbons (Fsp3) is 0.273. The number of nitrogens with one attached hydrogen (secondary N) is 1. The van der Waals surface area contributed by atoms with Gasteiger partial charge < -0.3 is 4.74 Å². The maximum atomic E-state index is 12.4. The Morgan fingerprint density at radius 2 is 1.90 bits per heavy atom. The molecule has 0 aliphatic rings. The molecular formula is C22H22Br2N2O2S. The number of hydrogen-bond acceptors (Lipinski definition) is 4. The summed E-state index contributed by atoms with van der Waals surface area (Å²) < 4.78 is 7.54. The van der Waals surface area contributed by atoms with Crippen LogP contribution in [0.2, 0.25) is 0 Å². The number of amides is 1. The van der Waals surface area contributed by atoms with Crippen molar-refractivity contribution in [3.63, 3.8) is 0 Å². The van der Waals surface area contributed by atoms with Crippen molar-refractivity contribution >= 4 is 54.2 Å². The molecule has 1 amide bonds. The maximum Gasteiger partial charge on any atom is 0.264 e. The van der Waals surface area contributed by atoms with Crippen LogP contribution in [0.15, 0.2) is 51.4 Å². The monoisotopic (exact) mass is 536 g/mol. The Hall–Kier alpha value is -1.70. The molecular weight excluding hydrogens is 516 g/mol. The standard InChI is InChI=1S/C22H22Br2N2O2S/c1-4-19-21(14-5-8-16(23)9-6-14)26-22(29-19)25-20(27)12-28-18-10-7-15(13(2)3)11-17(18)24/h5-11,13H,4,12H2,1-3H3,(H,25,26,27). The lowest BCUT2D eigenvalue weighted by molar-refractivity contribution is -0.118. The molecule has 1 N–H and O–H groups in total. The van der Waals surface area contributed by atoms with Crippen molar-refractivity contribution < 1.29 is 9.53 Å². The van der Waals surface area contributed by atoms with Crippen LogP contribution in [-0.2, 0) is 11.2 Å². The van der Waals surface area contributed by atoms with Gasteiger partial charge >= 0.3 is 0 Å². The van der Waals surface area contributed by atoms with Gasteiger partial charge in [-0.15, -0.1) is 11.3 Å². The molecule has 0 unspecified atom stereocenters. The highest BCUT2D eigenvalue weighted by molar-refractivity contribution is 9.10. The molecule has 4 nitrogen and oxygen atoms in total. The van der Waals surface area contributed by atoms with Crippen LogP contribution in [-0.4, -0.2) is 17.5 Å². The molecule has 152 valence electrons. The lowest BCUT2D eigenvalue weighted by Gasteiger charge is -2.11. The zero-order chi connectivity index (χ0) is 21.0. The Kier molecular flexibility index (Phi) is 7.49. The predicted molar refractivity (Wildman–Crippen MR) is 127 cm³/mol. The molecule has 1 heterocycles. The van der Waals surface area contributed by atoms with Crippen molar-refractivity contribution in [3.05, 3.63) is 61.9 Å². The fourth-order valence-electron chi connectivity index (χ4n) is 2.77. The van der Waals surface area contributed by atoms with E-state index in [0.717, 1.165) is 31.5 Å². The van der Waals surface area contributed by atoms with E-state index < -0.39 is 0 Å². The molecule has 0 bridgehead atoms. The second kappa shape index (κ2) is 9.87. The van der Waals surface area contributed by atoms with Gasteiger partial charge in [0.25, 0.3) is 5.91 Å². The van der Waals surface area contributed by atoms with Crippen molar-refractivity contribution in [3.8, 4) is 17.0 Å². The zero-order valence-electron chi connectivity index (χ0n) is 16.5. The van der Waals surface area contributed by atoms with Gasteiger partial charge in [-0.1, -0.05) is 54.9 Å². The molecule has 29 heavy (non-hydrogen) atoms. The highest BCUT2D eigenvalue weighted by Gasteiger charge is 2.15. The lowest BCUT2D eigenvalue weighted by Crippen LogP contribution is -2.20. The predicted octanol–water partition coefficient (Wildman–Crippen LogP) is 7.04. The van der Waals surface area contributed by atoms with Crippen molar-refractivity contribution in [1.29, 1.82) is 0 Å². The molecule has 0 atom stereocenters. The highest BCUT2D eigenvalue weighted by Crippen LogP contribution is 2.32. The number of carbonyl (C=O) groups excluding carboxylic acids is 1. The average molecular weight is 538 g/mol. The number of anilines is 1. The summed E-state index contributed by atoms with van der Waals surface area (Å²) in [6, 6.07) is 13.9. The summed E-state index contributed by atoms with van der Waals surface area (Å²) in [6.45, 7) is 6.28. The summed E-state index contributed by atoms with van der Waals surface area (Å²) in [5.41, 5.74) is 3.16. The van der Waals surface area contributed by atoms with E-state index in [4.69, 9.17) is 4.74 Å². The number of thiazole rings is 1. The smallest absolute Gasteiger partial charge is 0.264 e. The molecule has 0 radical (unpaired) electrons. The van der Waals surface area contributed by atoms with Gasteiger partial charge in [-0.3, -0.25) is 10.1 Å². The van der Waals surface area contributed by atoms with Crippen LogP contribution in [0, 0.1) is 0 Å². The van der Waals surface area contributed by atoms with Gasteiger partial charge in [0.15, 0.2) is 11.7 Å². The van der Waals surface area contributed by atoms with Crippen LogP contribution >= 0.6 is 43.2 Å². The summed E-state index contributed by atoms with van der Waals surface area (Å²) in [5.74, 6) is 0.846. The van der Waals surface area contributed by atoms with E-state index in [-0.39, 0.29) is 12.5 Å². The summed E-state index contributed by atoms with van der Waals surface area (Å²) in [4.78, 5) is 18.1. The minimum atomic E-state index is -0.233. The zero-order valence-corrected chi connectivity index (χ0v) is 20.4. The van der Waals surface area contributed by atoms with Crippen LogP contribution in [0.4, 0.5) is 5.13 Å². The number of rotatable bonds is 7. The minimum absolute atomic E-state index is 0.0751. The minimum Gasteiger partial charge on any atom is -0.483 e. The van der Waals surface area contributed by atoms with Crippen molar-refractivity contribution in [2.24, 2.45) is 0 Å². The number of carbonyl (C=O) groups is 1. The summed E-state index contributed by atoms with van der Waals surface area (Å²) in [7, 11) is 0. The van der Waals surface area contributed by atoms with Gasteiger partial charge in [-0.25, -0.2) is 4.98 Å². The molecule has 0 saturated heterocycles. The maximum absolute atomic E-state index is 12.4. The SMILES string of the molecule is CCc1sc(NC(=O)COc2ccc(C(C)C)cc2Br)nc1-c1ccc(Br)cc1. The number of benzene rings is 2. The average Bonchev–Trinajstić information content (AvgIpc) is 3.10. The Bertz CT molecular complexity index is 1000. The van der Waals surface area contributed by atoms with E-state index in [0.29, 0.717) is 16.8 Å². The second-order valence-corrected chi connectivity index (χ2v) is 9.69. The Morgan fingerprint density at radius 3 is 2.52 bits per heavy atom. The molecule has 7 heteroatoms. The molecule has 0 saturated carbocycles. The molecule has 0 aliphatic carbocycles. The molecule has 0 aliphatic heterocycles. The van der Waals surface area contributed by atoms with Crippen LogP contribution in [0.25, 0.3) is 11.3 Å². The number of ether oxygens (including phenoxy) is 1. The van der Waals surface area contributed by atoms with Gasteiger partial charge in [0.2, 0.25) is 0 Å². The molecule has 2 aromatic carbocycles. The lowest BCUT2D eigenvalue weighted by atomic mass is 10.0. The van der Waals surface area contributed by atoms with E-state index in [1.54, 1.807) is 0 Å². The van der Waals surface area contributed by atoms with Crippen molar-refractivity contribution in [2.45, 2.75) is 33.1 Å². The largest absolute Gasteiger partial charge is 0.483 e. The van der Waals surface area contributed by atoms with Gasteiger partial charge in [-0.05, 0) is 58.1 Å². The molecule has 3 aromatic rings. The topological polar surface area (TPSA) is 51.2 Å². The van der Waals surface area contributed by atoms with E-state index in [9.17, 15) is 4.79 Å². The first-order valence-corrected chi connectivity index (χ1v) is 11.7. The van der Waals surface area contributed by atoms with Crippen molar-refractivity contribution in [1.82, 2.24) is 4.98 Å². The second-order valence-electron chi connectivity index (χ2n) is 6.83. The summed E-state index contributed by atoms with van der Waals surface area (Å²) >= 11 is 8.46. The van der Waals surface area contributed by atoms with Crippen LogP contribution in [0.1, 0.15) is 37.1 Å². The van der Waals surface area contributed by atoms with Crippen LogP contribution < -0.4 is 10.1 Å². The van der Waals surface area contributed by atoms with Crippen molar-refractivity contribution in [2.75, 3.05) is 11.9 Å². The van der Waals surface area contributed by atoms with E-state index in [2.05, 4.69) is 62.9 Å². The normalized spacial score (nSPS) is 11.0. The number of aromatic nitrogens is 1. The number of nitrogens with zero attached hydrogens (tertiary/aromatic N) is 1. The first-order chi connectivity index (χ1) is 13.9. The Labute approximate surface area is 192 Å². The first kappa shape index (κ1) is 22.0. The molecule has 0 fully saturated rings. The third kappa shape index (κ3) is 5.68. The van der Waals surface area contributed by atoms with Crippen LogP contribution in [0.5, 0.6) is 5.75 Å². The Balaban J connectivity index is 1.66. The van der Waals surface area contributed by atoms with Gasteiger partial charge in [0.1, 0.15) is 5.75 Å². The molecule has 1 aromatic heterocycles. The van der Waals surface area contributed by atoms with Crippen LogP contribution in [0.3, 0.4) is 0 Å². The fourth-order valence-corrected chi connectivity index (χ4v) is 4.49.